The highest BCUT2D eigenvalue weighted by Gasteiger charge is 2.22. The van der Waals surface area contributed by atoms with Crippen LogP contribution in [0.2, 0.25) is 10.0 Å². The molecule has 1 unspecified atom stereocenters. The first-order valence-electron chi connectivity index (χ1n) is 7.15. The van der Waals surface area contributed by atoms with Crippen LogP contribution in [0.4, 0.5) is 0 Å². The van der Waals surface area contributed by atoms with E-state index in [4.69, 9.17) is 23.2 Å². The van der Waals surface area contributed by atoms with Gasteiger partial charge in [-0.15, -0.1) is 11.8 Å². The number of thioether (sulfide) groups is 1. The molecule has 0 heterocycles. The number of benzene rings is 1. The Kier molecular flexibility index (Phi) is 7.53. The van der Waals surface area contributed by atoms with Crippen molar-refractivity contribution in [3.8, 4) is 0 Å². The Morgan fingerprint density at radius 2 is 2.00 bits per heavy atom. The second kappa shape index (κ2) is 8.44. The third-order valence-corrected chi connectivity index (χ3v) is 4.89. The van der Waals surface area contributed by atoms with Crippen molar-refractivity contribution in [2.45, 2.75) is 30.9 Å². The van der Waals surface area contributed by atoms with Crippen molar-refractivity contribution in [3.05, 3.63) is 28.2 Å². The molecule has 1 atom stereocenters. The van der Waals surface area contributed by atoms with Gasteiger partial charge in [0.1, 0.15) is 0 Å². The Labute approximate surface area is 147 Å². The molecule has 0 aliphatic heterocycles. The van der Waals surface area contributed by atoms with Gasteiger partial charge in [-0.1, -0.05) is 37.0 Å². The van der Waals surface area contributed by atoms with Crippen molar-refractivity contribution < 1.29 is 4.79 Å². The van der Waals surface area contributed by atoms with Crippen LogP contribution in [-0.2, 0) is 4.79 Å². The highest BCUT2D eigenvalue weighted by atomic mass is 35.5. The number of nitrogens with one attached hydrogen (secondary N) is 1. The molecular formula is C16H24Cl2N2OS. The zero-order chi connectivity index (χ0) is 16.9. The monoisotopic (exact) mass is 362 g/mol. The van der Waals surface area contributed by atoms with E-state index in [-0.39, 0.29) is 16.6 Å². The topological polar surface area (TPSA) is 32.3 Å². The summed E-state index contributed by atoms with van der Waals surface area (Å²) in [5.74, 6) is 0.00729. The quantitative estimate of drug-likeness (QED) is 0.738. The van der Waals surface area contributed by atoms with Crippen LogP contribution in [0.1, 0.15) is 20.8 Å². The standard InChI is InChI=1S/C16H24Cl2N2OS/c1-11(22-14-8-12(17)6-7-13(14)18)15(21)19-9-16(2,3)10-20(4)5/h6-8,11H,9-10H2,1-5H3,(H,19,21). The van der Waals surface area contributed by atoms with Gasteiger partial charge in [0.2, 0.25) is 5.91 Å². The van der Waals surface area contributed by atoms with E-state index in [1.807, 2.05) is 21.0 Å². The van der Waals surface area contributed by atoms with Gasteiger partial charge in [0.25, 0.3) is 0 Å². The summed E-state index contributed by atoms with van der Waals surface area (Å²) >= 11 is 13.5. The first-order chi connectivity index (χ1) is 10.1. The third kappa shape index (κ3) is 6.78. The van der Waals surface area contributed by atoms with E-state index in [1.165, 1.54) is 11.8 Å². The molecule has 0 fully saturated rings. The lowest BCUT2D eigenvalue weighted by Crippen LogP contribution is -2.42. The maximum atomic E-state index is 12.3. The van der Waals surface area contributed by atoms with Gasteiger partial charge in [-0.25, -0.2) is 0 Å². The Morgan fingerprint density at radius 1 is 1.36 bits per heavy atom. The molecule has 1 aromatic carbocycles. The molecule has 0 spiro atoms. The average Bonchev–Trinajstić information content (AvgIpc) is 2.38. The molecule has 1 N–H and O–H groups in total. The van der Waals surface area contributed by atoms with Crippen LogP contribution in [0.15, 0.2) is 23.1 Å². The smallest absolute Gasteiger partial charge is 0.233 e. The molecular weight excluding hydrogens is 339 g/mol. The first-order valence-corrected chi connectivity index (χ1v) is 8.78. The summed E-state index contributed by atoms with van der Waals surface area (Å²) in [7, 11) is 4.06. The second-order valence-electron chi connectivity index (χ2n) is 6.45. The Balaban J connectivity index is 2.57. The second-order valence-corrected chi connectivity index (χ2v) is 8.68. The molecule has 22 heavy (non-hydrogen) atoms. The number of halogens is 2. The lowest BCUT2D eigenvalue weighted by atomic mass is 9.93. The van der Waals surface area contributed by atoms with Crippen LogP contribution in [0.25, 0.3) is 0 Å². The fourth-order valence-corrected chi connectivity index (χ4v) is 3.63. The number of carbonyl (C=O) groups is 1. The van der Waals surface area contributed by atoms with Crippen molar-refractivity contribution in [3.63, 3.8) is 0 Å². The highest BCUT2D eigenvalue weighted by molar-refractivity contribution is 8.00. The minimum Gasteiger partial charge on any atom is -0.355 e. The molecule has 0 saturated heterocycles. The van der Waals surface area contributed by atoms with Gasteiger partial charge in [-0.05, 0) is 44.6 Å². The summed E-state index contributed by atoms with van der Waals surface area (Å²) in [4.78, 5) is 15.2. The van der Waals surface area contributed by atoms with E-state index in [9.17, 15) is 4.79 Å². The fourth-order valence-electron chi connectivity index (χ4n) is 2.19. The van der Waals surface area contributed by atoms with Gasteiger partial charge in [-0.3, -0.25) is 4.79 Å². The normalized spacial score (nSPS) is 13.3. The van der Waals surface area contributed by atoms with Crippen molar-refractivity contribution >= 4 is 40.9 Å². The van der Waals surface area contributed by atoms with E-state index < -0.39 is 0 Å². The van der Waals surface area contributed by atoms with Crippen molar-refractivity contribution in [2.24, 2.45) is 5.41 Å². The number of carbonyl (C=O) groups excluding carboxylic acids is 1. The van der Waals surface area contributed by atoms with Crippen LogP contribution < -0.4 is 5.32 Å². The summed E-state index contributed by atoms with van der Waals surface area (Å²) < 4.78 is 0. The number of hydrogen-bond acceptors (Lipinski definition) is 3. The molecule has 1 rings (SSSR count). The molecule has 0 bridgehead atoms. The molecule has 1 aromatic rings. The number of rotatable bonds is 7. The van der Waals surface area contributed by atoms with Crippen LogP contribution >= 0.6 is 35.0 Å². The Bertz CT molecular complexity index is 521. The van der Waals surface area contributed by atoms with Gasteiger partial charge >= 0.3 is 0 Å². The molecule has 0 aliphatic carbocycles. The van der Waals surface area contributed by atoms with E-state index in [2.05, 4.69) is 24.1 Å². The summed E-state index contributed by atoms with van der Waals surface area (Å²) in [5.41, 5.74) is 0.0250. The summed E-state index contributed by atoms with van der Waals surface area (Å²) in [6.45, 7) is 7.70. The van der Waals surface area contributed by atoms with Crippen LogP contribution in [0, 0.1) is 5.41 Å². The lowest BCUT2D eigenvalue weighted by molar-refractivity contribution is -0.120. The largest absolute Gasteiger partial charge is 0.355 e. The first kappa shape index (κ1) is 19.6. The minimum absolute atomic E-state index is 0.00729. The molecule has 3 nitrogen and oxygen atoms in total. The molecule has 0 saturated carbocycles. The van der Waals surface area contributed by atoms with E-state index in [1.54, 1.807) is 18.2 Å². The molecule has 0 aliphatic rings. The van der Waals surface area contributed by atoms with Gasteiger partial charge in [0.05, 0.1) is 10.3 Å². The van der Waals surface area contributed by atoms with Crippen LogP contribution in [-0.4, -0.2) is 43.2 Å². The maximum Gasteiger partial charge on any atom is 0.233 e. The average molecular weight is 363 g/mol. The summed E-state index contributed by atoms with van der Waals surface area (Å²) in [6, 6.07) is 5.27. The van der Waals surface area contributed by atoms with Crippen LogP contribution in [0.5, 0.6) is 0 Å². The fraction of sp³-hybridized carbons (Fsp3) is 0.562. The van der Waals surface area contributed by atoms with Crippen molar-refractivity contribution in [1.82, 2.24) is 10.2 Å². The molecule has 6 heteroatoms. The van der Waals surface area contributed by atoms with Crippen LogP contribution in [0.3, 0.4) is 0 Å². The predicted molar refractivity (Wildman–Crippen MR) is 97.1 cm³/mol. The molecule has 1 amide bonds. The zero-order valence-electron chi connectivity index (χ0n) is 13.7. The summed E-state index contributed by atoms with van der Waals surface area (Å²) in [5, 5.41) is 4.02. The number of hydrogen-bond donors (Lipinski definition) is 1. The molecule has 0 radical (unpaired) electrons. The lowest BCUT2D eigenvalue weighted by Gasteiger charge is -2.29. The number of nitrogens with zero attached hydrogens (tertiary/aromatic N) is 1. The third-order valence-electron chi connectivity index (χ3n) is 3.05. The van der Waals surface area contributed by atoms with Gasteiger partial charge in [-0.2, -0.15) is 0 Å². The van der Waals surface area contributed by atoms with E-state index in [0.717, 1.165) is 11.4 Å². The van der Waals surface area contributed by atoms with Crippen molar-refractivity contribution in [1.29, 1.82) is 0 Å². The van der Waals surface area contributed by atoms with Crippen molar-refractivity contribution in [2.75, 3.05) is 27.2 Å². The van der Waals surface area contributed by atoms with Gasteiger partial charge in [0.15, 0.2) is 0 Å². The number of amides is 1. The maximum absolute atomic E-state index is 12.3. The Morgan fingerprint density at radius 3 is 2.59 bits per heavy atom. The predicted octanol–water partition coefficient (Wildman–Crippen LogP) is 4.18. The van der Waals surface area contributed by atoms with E-state index >= 15 is 0 Å². The molecule has 124 valence electrons. The summed E-state index contributed by atoms with van der Waals surface area (Å²) in [6.07, 6.45) is 0. The van der Waals surface area contributed by atoms with E-state index in [0.29, 0.717) is 16.6 Å². The zero-order valence-corrected chi connectivity index (χ0v) is 16.1. The minimum atomic E-state index is -0.230. The highest BCUT2D eigenvalue weighted by Crippen LogP contribution is 2.32. The van der Waals surface area contributed by atoms with Gasteiger partial charge < -0.3 is 10.2 Å². The molecule has 0 aromatic heterocycles. The van der Waals surface area contributed by atoms with Gasteiger partial charge in [0, 0.05) is 23.0 Å². The Hall–Kier alpha value is -0.420. The SMILES string of the molecule is CC(Sc1cc(Cl)ccc1Cl)C(=O)NCC(C)(C)CN(C)C.